The lowest BCUT2D eigenvalue weighted by molar-refractivity contribution is -0.119. The summed E-state index contributed by atoms with van der Waals surface area (Å²) in [6.45, 7) is 3.69. The molecule has 2 atom stereocenters. The van der Waals surface area contributed by atoms with E-state index in [1.165, 1.54) is 17.9 Å². The Balaban J connectivity index is 1.70. The van der Waals surface area contributed by atoms with Crippen molar-refractivity contribution in [1.29, 1.82) is 0 Å². The summed E-state index contributed by atoms with van der Waals surface area (Å²) in [5.41, 5.74) is 0.967. The molecule has 8 heteroatoms. The molecule has 1 aromatic rings. The Hall–Kier alpha value is -2.35. The van der Waals surface area contributed by atoms with Crippen molar-refractivity contribution in [1.82, 2.24) is 10.6 Å². The molecule has 2 N–H and O–H groups in total. The van der Waals surface area contributed by atoms with Crippen LogP contribution in [0.15, 0.2) is 18.2 Å². The predicted molar refractivity (Wildman–Crippen MR) is 92.4 cm³/mol. The normalized spacial score (nSPS) is 22.8. The van der Waals surface area contributed by atoms with Gasteiger partial charge < -0.3 is 20.3 Å². The molecule has 25 heavy (non-hydrogen) atoms. The van der Waals surface area contributed by atoms with Crippen molar-refractivity contribution in [2.75, 3.05) is 43.0 Å². The quantitative estimate of drug-likeness (QED) is 0.831. The third kappa shape index (κ3) is 3.84. The molecule has 2 amide bonds. The van der Waals surface area contributed by atoms with Crippen molar-refractivity contribution in [3.63, 3.8) is 0 Å². The molecule has 7 nitrogen and oxygen atoms in total. The fraction of sp³-hybridized carbons (Fsp3) is 0.529. The van der Waals surface area contributed by atoms with E-state index in [4.69, 9.17) is 4.74 Å². The highest BCUT2D eigenvalue weighted by atomic mass is 19.1. The molecule has 1 unspecified atom stereocenters. The number of nitrogens with zero attached hydrogens (tertiary/aromatic N) is 2. The Morgan fingerprint density at radius 2 is 2.32 bits per heavy atom. The van der Waals surface area contributed by atoms with Crippen molar-refractivity contribution in [3.05, 3.63) is 24.0 Å². The van der Waals surface area contributed by atoms with Gasteiger partial charge in [0.05, 0.1) is 24.5 Å². The fourth-order valence-electron chi connectivity index (χ4n) is 3.21. The monoisotopic (exact) mass is 350 g/mol. The molecule has 0 aromatic heterocycles. The minimum atomic E-state index is -0.532. The SMILES string of the molecule is CC(=O)NC[C@H]1CN(c2ccc(N(C)C3CCNC3)c(F)c2)C(=O)O1. The van der Waals surface area contributed by atoms with Crippen LogP contribution in [0.3, 0.4) is 0 Å². The molecule has 0 bridgehead atoms. The number of anilines is 2. The van der Waals surface area contributed by atoms with Crippen LogP contribution in [0.4, 0.5) is 20.6 Å². The van der Waals surface area contributed by atoms with Gasteiger partial charge in [-0.05, 0) is 31.2 Å². The molecule has 0 spiro atoms. The van der Waals surface area contributed by atoms with E-state index in [9.17, 15) is 14.0 Å². The van der Waals surface area contributed by atoms with E-state index in [2.05, 4.69) is 10.6 Å². The predicted octanol–water partition coefficient (Wildman–Crippen LogP) is 1.09. The van der Waals surface area contributed by atoms with Crippen LogP contribution in [0.5, 0.6) is 0 Å². The van der Waals surface area contributed by atoms with E-state index in [0.29, 0.717) is 11.4 Å². The number of benzene rings is 1. The largest absolute Gasteiger partial charge is 0.442 e. The van der Waals surface area contributed by atoms with Gasteiger partial charge in [-0.3, -0.25) is 9.69 Å². The van der Waals surface area contributed by atoms with Crippen LogP contribution < -0.4 is 20.4 Å². The topological polar surface area (TPSA) is 73.9 Å². The van der Waals surface area contributed by atoms with Crippen LogP contribution in [-0.4, -0.2) is 57.4 Å². The summed E-state index contributed by atoms with van der Waals surface area (Å²) in [5.74, 6) is -0.556. The number of halogens is 1. The molecule has 0 radical (unpaired) electrons. The lowest BCUT2D eigenvalue weighted by Crippen LogP contribution is -2.34. The van der Waals surface area contributed by atoms with Crippen molar-refractivity contribution in [2.24, 2.45) is 0 Å². The Morgan fingerprint density at radius 3 is 2.96 bits per heavy atom. The number of carbonyl (C=O) groups is 2. The molecule has 2 heterocycles. The van der Waals surface area contributed by atoms with Crippen molar-refractivity contribution in [3.8, 4) is 0 Å². The number of rotatable bonds is 5. The molecule has 1 aromatic carbocycles. The number of likely N-dealkylation sites (N-methyl/N-ethyl adjacent to an activating group) is 1. The van der Waals surface area contributed by atoms with Crippen LogP contribution in [0.1, 0.15) is 13.3 Å². The lowest BCUT2D eigenvalue weighted by Gasteiger charge is -2.27. The number of hydrogen-bond donors (Lipinski definition) is 2. The van der Waals surface area contributed by atoms with Crippen LogP contribution in [0, 0.1) is 5.82 Å². The summed E-state index contributed by atoms with van der Waals surface area (Å²) in [4.78, 5) is 26.3. The van der Waals surface area contributed by atoms with Crippen molar-refractivity contribution < 1.29 is 18.7 Å². The summed E-state index contributed by atoms with van der Waals surface area (Å²) in [7, 11) is 1.88. The standard InChI is InChI=1S/C17H23FN4O3/c1-11(23)20-9-14-10-22(17(24)25-14)12-3-4-16(15(18)7-12)21(2)13-5-6-19-8-13/h3-4,7,13-14,19H,5-6,8-10H2,1-2H3,(H,20,23)/t13?,14-/m0/s1. The number of amides is 2. The van der Waals surface area contributed by atoms with E-state index < -0.39 is 12.2 Å². The first-order valence-corrected chi connectivity index (χ1v) is 8.41. The summed E-state index contributed by atoms with van der Waals surface area (Å²) < 4.78 is 19.8. The highest BCUT2D eigenvalue weighted by Gasteiger charge is 2.33. The number of ether oxygens (including phenoxy) is 1. The molecule has 2 aliphatic rings. The first-order valence-electron chi connectivity index (χ1n) is 8.41. The van der Waals surface area contributed by atoms with Gasteiger partial charge in [0.15, 0.2) is 0 Å². The summed E-state index contributed by atoms with van der Waals surface area (Å²) in [6, 6.07) is 5.03. The van der Waals surface area contributed by atoms with Gasteiger partial charge in [-0.25, -0.2) is 9.18 Å². The third-order valence-corrected chi connectivity index (χ3v) is 4.66. The second-order valence-corrected chi connectivity index (χ2v) is 6.45. The van der Waals surface area contributed by atoms with E-state index in [1.54, 1.807) is 12.1 Å². The summed E-state index contributed by atoms with van der Waals surface area (Å²) >= 11 is 0. The molecular formula is C17H23FN4O3. The number of carbonyl (C=O) groups excluding carboxylic acids is 2. The molecule has 2 fully saturated rings. The van der Waals surface area contributed by atoms with Gasteiger partial charge in [0, 0.05) is 26.6 Å². The Labute approximate surface area is 146 Å². The maximum absolute atomic E-state index is 14.6. The maximum Gasteiger partial charge on any atom is 0.414 e. The van der Waals surface area contributed by atoms with Crippen LogP contribution in [0.2, 0.25) is 0 Å². The smallest absolute Gasteiger partial charge is 0.414 e. The van der Waals surface area contributed by atoms with Gasteiger partial charge in [-0.15, -0.1) is 0 Å². The van der Waals surface area contributed by atoms with Crippen molar-refractivity contribution >= 4 is 23.4 Å². The van der Waals surface area contributed by atoms with E-state index >= 15 is 0 Å². The maximum atomic E-state index is 14.6. The number of hydrogen-bond acceptors (Lipinski definition) is 5. The molecular weight excluding hydrogens is 327 g/mol. The second-order valence-electron chi connectivity index (χ2n) is 6.45. The van der Waals surface area contributed by atoms with Gasteiger partial charge in [-0.2, -0.15) is 0 Å². The number of cyclic esters (lactones) is 1. The van der Waals surface area contributed by atoms with Crippen LogP contribution in [-0.2, 0) is 9.53 Å². The first kappa shape index (κ1) is 17.5. The molecule has 0 saturated carbocycles. The van der Waals surface area contributed by atoms with E-state index in [0.717, 1.165) is 19.5 Å². The van der Waals surface area contributed by atoms with Crippen molar-refractivity contribution in [2.45, 2.75) is 25.5 Å². The van der Waals surface area contributed by atoms with Crippen LogP contribution in [0.25, 0.3) is 0 Å². The molecule has 3 rings (SSSR count). The summed E-state index contributed by atoms with van der Waals surface area (Å²) in [5, 5.41) is 5.88. The van der Waals surface area contributed by atoms with Crippen LogP contribution >= 0.6 is 0 Å². The third-order valence-electron chi connectivity index (χ3n) is 4.66. The minimum absolute atomic E-state index is 0.186. The van der Waals surface area contributed by atoms with Gasteiger partial charge in [0.2, 0.25) is 5.91 Å². The van der Waals surface area contributed by atoms with E-state index in [-0.39, 0.29) is 30.9 Å². The van der Waals surface area contributed by atoms with Gasteiger partial charge in [0.1, 0.15) is 11.9 Å². The first-order chi connectivity index (χ1) is 12.0. The zero-order chi connectivity index (χ0) is 18.0. The fourth-order valence-corrected chi connectivity index (χ4v) is 3.21. The zero-order valence-corrected chi connectivity index (χ0v) is 14.4. The van der Waals surface area contributed by atoms with E-state index in [1.807, 2.05) is 11.9 Å². The molecule has 2 saturated heterocycles. The molecule has 0 aliphatic carbocycles. The lowest BCUT2D eigenvalue weighted by atomic mass is 10.1. The Kier molecular flexibility index (Phi) is 5.08. The Bertz CT molecular complexity index is 663. The molecule has 2 aliphatic heterocycles. The van der Waals surface area contributed by atoms with Gasteiger partial charge in [-0.1, -0.05) is 0 Å². The average molecular weight is 350 g/mol. The average Bonchev–Trinajstić information content (AvgIpc) is 3.22. The van der Waals surface area contributed by atoms with Gasteiger partial charge in [0.25, 0.3) is 0 Å². The van der Waals surface area contributed by atoms with Gasteiger partial charge >= 0.3 is 6.09 Å². The minimum Gasteiger partial charge on any atom is -0.442 e. The second kappa shape index (κ2) is 7.26. The Morgan fingerprint density at radius 1 is 1.52 bits per heavy atom. The zero-order valence-electron chi connectivity index (χ0n) is 14.4. The number of nitrogens with one attached hydrogen (secondary N) is 2. The molecule has 136 valence electrons. The highest BCUT2D eigenvalue weighted by Crippen LogP contribution is 2.29. The highest BCUT2D eigenvalue weighted by molar-refractivity contribution is 5.90. The summed E-state index contributed by atoms with van der Waals surface area (Å²) in [6.07, 6.45) is 0.00302.